The first-order valence-corrected chi connectivity index (χ1v) is 11.8. The zero-order chi connectivity index (χ0) is 24.2. The van der Waals surface area contributed by atoms with E-state index in [2.05, 4.69) is 23.9 Å². The Morgan fingerprint density at radius 1 is 1.09 bits per heavy atom. The number of aromatic nitrogens is 4. The van der Waals surface area contributed by atoms with Gasteiger partial charge in [-0.05, 0) is 29.5 Å². The van der Waals surface area contributed by atoms with E-state index in [1.165, 1.54) is 0 Å². The Labute approximate surface area is 203 Å². The van der Waals surface area contributed by atoms with Gasteiger partial charge in [0.15, 0.2) is 17.3 Å². The number of para-hydroxylation sites is 1. The Hall–Kier alpha value is -4.00. The van der Waals surface area contributed by atoms with E-state index >= 15 is 0 Å². The zero-order valence-corrected chi connectivity index (χ0v) is 20.0. The third-order valence-corrected chi connectivity index (χ3v) is 6.69. The quantitative estimate of drug-likeness (QED) is 0.412. The maximum atomic E-state index is 13.4. The first-order chi connectivity index (χ1) is 16.9. The number of nitrogens with zero attached hydrogens (tertiary/aromatic N) is 4. The van der Waals surface area contributed by atoms with Crippen LogP contribution in [-0.2, 0) is 11.4 Å². The number of benzene rings is 2. The van der Waals surface area contributed by atoms with Gasteiger partial charge in [0.1, 0.15) is 24.4 Å². The number of carbonyl (C=O) groups is 1. The number of allylic oxidation sites excluding steroid dienone is 2. The minimum absolute atomic E-state index is 0.111. The lowest BCUT2D eigenvalue weighted by molar-refractivity contribution is -0.118. The van der Waals surface area contributed by atoms with E-state index in [1.54, 1.807) is 10.8 Å². The fourth-order valence-corrected chi connectivity index (χ4v) is 5.09. The lowest BCUT2D eigenvalue weighted by Crippen LogP contribution is -2.33. The van der Waals surface area contributed by atoms with Gasteiger partial charge >= 0.3 is 0 Å². The molecule has 3 heterocycles. The summed E-state index contributed by atoms with van der Waals surface area (Å²) in [7, 11) is 0. The minimum Gasteiger partial charge on any atom is -0.485 e. The van der Waals surface area contributed by atoms with Crippen molar-refractivity contribution in [2.45, 2.75) is 46.1 Å². The summed E-state index contributed by atoms with van der Waals surface area (Å²) in [6, 6.07) is 17.9. The van der Waals surface area contributed by atoms with Crippen LogP contribution in [0.2, 0.25) is 0 Å². The predicted molar refractivity (Wildman–Crippen MR) is 130 cm³/mol. The maximum absolute atomic E-state index is 13.4. The molecule has 0 bridgehead atoms. The molecular formula is C28H26N4O3. The Kier molecular flexibility index (Phi) is 4.95. The van der Waals surface area contributed by atoms with Gasteiger partial charge in [-0.1, -0.05) is 62.4 Å². The van der Waals surface area contributed by atoms with E-state index in [0.717, 1.165) is 22.4 Å². The highest BCUT2D eigenvalue weighted by molar-refractivity contribution is 6.00. The molecule has 1 aliphatic carbocycles. The SMILES string of the molecule is Cc1ccccc1OCc1nc2c3c(ncn2n1)OC1=C(C(=O)CC(C)(C)C1)[C@H]3c1ccccc1. The van der Waals surface area contributed by atoms with Gasteiger partial charge < -0.3 is 9.47 Å². The van der Waals surface area contributed by atoms with Gasteiger partial charge in [0.25, 0.3) is 0 Å². The van der Waals surface area contributed by atoms with Gasteiger partial charge in [-0.3, -0.25) is 4.79 Å². The lowest BCUT2D eigenvalue weighted by Gasteiger charge is -2.37. The number of Topliss-reactive ketones (excluding diaryl/α,β-unsaturated/α-hetero) is 1. The van der Waals surface area contributed by atoms with Gasteiger partial charge in [0, 0.05) is 24.3 Å². The summed E-state index contributed by atoms with van der Waals surface area (Å²) in [6.45, 7) is 6.42. The van der Waals surface area contributed by atoms with Gasteiger partial charge in [0.05, 0.1) is 5.56 Å². The Bertz CT molecular complexity index is 1490. The monoisotopic (exact) mass is 466 g/mol. The summed E-state index contributed by atoms with van der Waals surface area (Å²) >= 11 is 0. The van der Waals surface area contributed by atoms with Crippen LogP contribution in [-0.4, -0.2) is 25.4 Å². The van der Waals surface area contributed by atoms with Crippen molar-refractivity contribution < 1.29 is 14.3 Å². The summed E-state index contributed by atoms with van der Waals surface area (Å²) < 4.78 is 13.9. The summed E-state index contributed by atoms with van der Waals surface area (Å²) in [5.74, 6) is 2.32. The van der Waals surface area contributed by atoms with Crippen molar-refractivity contribution in [3.8, 4) is 11.6 Å². The highest BCUT2D eigenvalue weighted by Gasteiger charge is 2.43. The summed E-state index contributed by atoms with van der Waals surface area (Å²) in [5.41, 5.74) is 3.99. The van der Waals surface area contributed by atoms with Gasteiger partial charge in [-0.2, -0.15) is 0 Å². The Balaban J connectivity index is 1.46. The van der Waals surface area contributed by atoms with E-state index < -0.39 is 0 Å². The number of rotatable bonds is 4. The normalized spacial score (nSPS) is 18.7. The van der Waals surface area contributed by atoms with E-state index in [9.17, 15) is 4.79 Å². The van der Waals surface area contributed by atoms with Crippen LogP contribution in [0.15, 0.2) is 72.3 Å². The number of carbonyl (C=O) groups excluding carboxylic acids is 1. The second kappa shape index (κ2) is 8.05. The smallest absolute Gasteiger partial charge is 0.228 e. The molecule has 2 aromatic heterocycles. The number of hydrogen-bond acceptors (Lipinski definition) is 6. The van der Waals surface area contributed by atoms with E-state index in [0.29, 0.717) is 41.5 Å². The number of ketones is 1. The standard InChI is InChI=1S/C28H26N4O3/c1-17-9-7-8-12-20(17)34-15-22-30-26-25-23(18-10-5-4-6-11-18)24-19(33)13-28(2,3)14-21(24)35-27(25)29-16-32(26)31-22/h4-12,16,23H,13-15H2,1-3H3/t23-/m1/s1. The summed E-state index contributed by atoms with van der Waals surface area (Å²) in [6.07, 6.45) is 2.78. The van der Waals surface area contributed by atoms with Crippen LogP contribution in [0, 0.1) is 12.3 Å². The molecule has 0 unspecified atom stereocenters. The van der Waals surface area contributed by atoms with Gasteiger partial charge in [0.2, 0.25) is 5.88 Å². The molecule has 0 radical (unpaired) electrons. The highest BCUT2D eigenvalue weighted by atomic mass is 16.5. The molecule has 2 aromatic carbocycles. The molecule has 7 nitrogen and oxygen atoms in total. The maximum Gasteiger partial charge on any atom is 0.228 e. The average Bonchev–Trinajstić information content (AvgIpc) is 3.25. The molecule has 35 heavy (non-hydrogen) atoms. The fourth-order valence-electron chi connectivity index (χ4n) is 5.09. The van der Waals surface area contributed by atoms with E-state index in [1.807, 2.05) is 61.5 Å². The molecule has 0 fully saturated rings. The number of aryl methyl sites for hydroxylation is 1. The predicted octanol–water partition coefficient (Wildman–Crippen LogP) is 5.18. The van der Waals surface area contributed by atoms with Gasteiger partial charge in [-0.15, -0.1) is 5.10 Å². The van der Waals surface area contributed by atoms with Crippen LogP contribution < -0.4 is 9.47 Å². The Morgan fingerprint density at radius 2 is 1.86 bits per heavy atom. The molecule has 7 heteroatoms. The molecule has 1 aliphatic heterocycles. The van der Waals surface area contributed by atoms with Crippen LogP contribution in [0.3, 0.4) is 0 Å². The van der Waals surface area contributed by atoms with Crippen molar-refractivity contribution in [2.75, 3.05) is 0 Å². The molecule has 0 saturated carbocycles. The third-order valence-electron chi connectivity index (χ3n) is 6.69. The van der Waals surface area contributed by atoms with Crippen LogP contribution in [0.1, 0.15) is 55.1 Å². The van der Waals surface area contributed by atoms with Crippen molar-refractivity contribution in [3.05, 3.63) is 94.8 Å². The zero-order valence-electron chi connectivity index (χ0n) is 20.0. The summed E-state index contributed by atoms with van der Waals surface area (Å²) in [5, 5.41) is 4.60. The third kappa shape index (κ3) is 3.77. The first-order valence-electron chi connectivity index (χ1n) is 11.8. The van der Waals surface area contributed by atoms with Crippen LogP contribution in [0.4, 0.5) is 0 Å². The molecule has 0 spiro atoms. The minimum atomic E-state index is -0.316. The van der Waals surface area contributed by atoms with Crippen molar-refractivity contribution in [1.29, 1.82) is 0 Å². The molecule has 4 aromatic rings. The first kappa shape index (κ1) is 21.5. The molecule has 0 amide bonds. The highest BCUT2D eigenvalue weighted by Crippen LogP contribution is 2.50. The van der Waals surface area contributed by atoms with Crippen molar-refractivity contribution in [3.63, 3.8) is 0 Å². The van der Waals surface area contributed by atoms with Crippen molar-refractivity contribution >= 4 is 11.4 Å². The van der Waals surface area contributed by atoms with Crippen LogP contribution in [0.25, 0.3) is 5.65 Å². The van der Waals surface area contributed by atoms with Crippen molar-refractivity contribution in [2.24, 2.45) is 5.41 Å². The largest absolute Gasteiger partial charge is 0.485 e. The number of hydrogen-bond donors (Lipinski definition) is 0. The fraction of sp³-hybridized carbons (Fsp3) is 0.286. The molecule has 2 aliphatic rings. The van der Waals surface area contributed by atoms with Crippen molar-refractivity contribution in [1.82, 2.24) is 19.6 Å². The summed E-state index contributed by atoms with van der Waals surface area (Å²) in [4.78, 5) is 22.8. The second-order valence-corrected chi connectivity index (χ2v) is 10.0. The van der Waals surface area contributed by atoms with Gasteiger partial charge in [-0.25, -0.2) is 14.5 Å². The average molecular weight is 467 g/mol. The lowest BCUT2D eigenvalue weighted by atomic mass is 9.70. The second-order valence-electron chi connectivity index (χ2n) is 10.0. The Morgan fingerprint density at radius 3 is 2.66 bits per heavy atom. The molecular weight excluding hydrogens is 440 g/mol. The number of fused-ring (bicyclic) bond motifs is 3. The molecule has 6 rings (SSSR count). The van der Waals surface area contributed by atoms with E-state index in [4.69, 9.17) is 14.5 Å². The molecule has 1 atom stereocenters. The van der Waals surface area contributed by atoms with E-state index in [-0.39, 0.29) is 23.7 Å². The number of ether oxygens (including phenoxy) is 2. The molecule has 0 saturated heterocycles. The van der Waals surface area contributed by atoms with Crippen LogP contribution >= 0.6 is 0 Å². The molecule has 176 valence electrons. The molecule has 0 N–H and O–H groups in total. The van der Waals surface area contributed by atoms with Crippen LogP contribution in [0.5, 0.6) is 11.6 Å². The topological polar surface area (TPSA) is 78.6 Å².